The zero-order valence-corrected chi connectivity index (χ0v) is 32.1. The molecule has 3 heterocycles. The first kappa shape index (κ1) is 34.9. The third-order valence-corrected chi connectivity index (χ3v) is 12.6. The number of hydrogen-bond acceptors (Lipinski definition) is 7. The summed E-state index contributed by atoms with van der Waals surface area (Å²) in [4.78, 5) is 15.8. The lowest BCUT2D eigenvalue weighted by molar-refractivity contribution is 0.209. The van der Waals surface area contributed by atoms with Crippen molar-refractivity contribution in [1.82, 2.24) is 19.4 Å². The minimum atomic E-state index is -3.29. The molecular weight excluding hydrogens is 665 g/mol. The Hall–Kier alpha value is -4.18. The lowest BCUT2D eigenvalue weighted by Gasteiger charge is -2.38. The molecule has 1 aromatic heterocycles. The van der Waals surface area contributed by atoms with Gasteiger partial charge >= 0.3 is 0 Å². The van der Waals surface area contributed by atoms with E-state index in [0.29, 0.717) is 23.0 Å². The first-order valence-corrected chi connectivity index (χ1v) is 21.0. The van der Waals surface area contributed by atoms with E-state index < -0.39 is 9.84 Å². The molecule has 3 aliphatic rings. The number of nitrogens with zero attached hydrogens (tertiary/aromatic N) is 6. The van der Waals surface area contributed by atoms with Crippen LogP contribution in [0.4, 0.5) is 11.4 Å². The van der Waals surface area contributed by atoms with E-state index in [2.05, 4.69) is 113 Å². The van der Waals surface area contributed by atoms with Gasteiger partial charge in [0.15, 0.2) is 9.84 Å². The summed E-state index contributed by atoms with van der Waals surface area (Å²) in [7, 11) is -3.29. The van der Waals surface area contributed by atoms with E-state index in [1.165, 1.54) is 28.8 Å². The molecule has 0 amide bonds. The number of piperazine rings is 2. The van der Waals surface area contributed by atoms with E-state index in [1.54, 1.807) is 12.1 Å². The summed E-state index contributed by atoms with van der Waals surface area (Å²) < 4.78 is 26.9. The second kappa shape index (κ2) is 14.0. The smallest absolute Gasteiger partial charge is 0.175 e. The van der Waals surface area contributed by atoms with Crippen molar-refractivity contribution in [3.63, 3.8) is 0 Å². The Morgan fingerprint density at radius 1 is 0.596 bits per heavy atom. The van der Waals surface area contributed by atoms with Gasteiger partial charge in [0.25, 0.3) is 0 Å². The van der Waals surface area contributed by atoms with E-state index in [4.69, 9.17) is 4.98 Å². The number of fused-ring (bicyclic) bond motifs is 1. The minimum Gasteiger partial charge on any atom is -0.369 e. The Bertz CT molecular complexity index is 2140. The van der Waals surface area contributed by atoms with Crippen molar-refractivity contribution >= 4 is 32.2 Å². The highest BCUT2D eigenvalue weighted by atomic mass is 32.2. The van der Waals surface area contributed by atoms with Crippen LogP contribution in [0.25, 0.3) is 44.7 Å². The number of aromatic nitrogens is 2. The standard InChI is InChI=1S/C43H52N6O2S/c1-30(2)45-20-24-47(25-21-45)36-12-6-32(7-13-36)35-28-40(33-8-14-37(15-9-33)48-26-22-46(23-27-48)31(3)4)42-41(29-35)49(38-16-17-38)43(44-42)34-10-18-39(19-11-34)52(5,50)51/h6-15,18-19,28-31,38H,16-17,20-27H2,1-5H3. The largest absolute Gasteiger partial charge is 0.369 e. The topological polar surface area (TPSA) is 64.9 Å². The fraction of sp³-hybridized carbons (Fsp3) is 0.419. The molecule has 9 heteroatoms. The molecule has 0 radical (unpaired) electrons. The molecule has 8 rings (SSSR count). The zero-order valence-electron chi connectivity index (χ0n) is 31.3. The summed E-state index contributed by atoms with van der Waals surface area (Å²) in [5.41, 5.74) is 10.2. The van der Waals surface area contributed by atoms with Gasteiger partial charge in [-0.2, -0.15) is 0 Å². The van der Waals surface area contributed by atoms with E-state index in [-0.39, 0.29) is 0 Å². The molecule has 0 unspecified atom stereocenters. The Kier molecular flexibility index (Phi) is 9.39. The van der Waals surface area contributed by atoms with Gasteiger partial charge in [-0.1, -0.05) is 24.3 Å². The number of rotatable bonds is 9. The van der Waals surface area contributed by atoms with Gasteiger partial charge in [-0.3, -0.25) is 9.80 Å². The molecule has 0 spiro atoms. The Morgan fingerprint density at radius 2 is 1.08 bits per heavy atom. The van der Waals surface area contributed by atoms with Crippen LogP contribution in [0.15, 0.2) is 89.8 Å². The van der Waals surface area contributed by atoms with Crippen molar-refractivity contribution in [1.29, 1.82) is 0 Å². The van der Waals surface area contributed by atoms with Crippen molar-refractivity contribution in [2.24, 2.45) is 0 Å². The summed E-state index contributed by atoms with van der Waals surface area (Å²) in [6, 6.07) is 31.6. The highest BCUT2D eigenvalue weighted by molar-refractivity contribution is 7.90. The van der Waals surface area contributed by atoms with Crippen molar-refractivity contribution < 1.29 is 8.42 Å². The number of anilines is 2. The fourth-order valence-electron chi connectivity index (χ4n) is 8.05. The van der Waals surface area contributed by atoms with E-state index in [0.717, 1.165) is 98.7 Å². The normalized spacial score (nSPS) is 17.9. The Labute approximate surface area is 309 Å². The molecule has 1 saturated carbocycles. The first-order chi connectivity index (χ1) is 25.0. The summed E-state index contributed by atoms with van der Waals surface area (Å²) in [6.45, 7) is 17.7. The van der Waals surface area contributed by atoms with Gasteiger partial charge in [0.05, 0.1) is 15.9 Å². The SMILES string of the molecule is CC(C)N1CCN(c2ccc(-c3cc(-c4ccc(N5CCN(C(C)C)CC5)cc4)c4nc(-c5ccc(S(C)(=O)=O)cc5)n(C5CC5)c4c3)cc2)CC1. The summed E-state index contributed by atoms with van der Waals surface area (Å²) in [5, 5.41) is 0. The predicted octanol–water partition coefficient (Wildman–Crippen LogP) is 7.84. The number of benzene rings is 4. The maximum atomic E-state index is 12.3. The van der Waals surface area contributed by atoms with Crippen LogP contribution in [0.3, 0.4) is 0 Å². The monoisotopic (exact) mass is 716 g/mol. The van der Waals surface area contributed by atoms with Crippen LogP contribution < -0.4 is 9.80 Å². The molecule has 0 atom stereocenters. The highest BCUT2D eigenvalue weighted by Crippen LogP contribution is 2.45. The van der Waals surface area contributed by atoms with Crippen molar-refractivity contribution in [3.05, 3.63) is 84.9 Å². The average molecular weight is 717 g/mol. The van der Waals surface area contributed by atoms with Gasteiger partial charge < -0.3 is 14.4 Å². The van der Waals surface area contributed by atoms with E-state index in [9.17, 15) is 8.42 Å². The molecule has 0 N–H and O–H groups in total. The van der Waals surface area contributed by atoms with E-state index in [1.807, 2.05) is 12.1 Å². The second-order valence-corrected chi connectivity index (χ2v) is 17.6. The van der Waals surface area contributed by atoms with Crippen molar-refractivity contribution in [3.8, 4) is 33.6 Å². The van der Waals surface area contributed by atoms with E-state index >= 15 is 0 Å². The molecule has 4 aromatic carbocycles. The maximum absolute atomic E-state index is 12.3. The number of sulfone groups is 1. The van der Waals surface area contributed by atoms with Crippen LogP contribution in [0.1, 0.15) is 46.6 Å². The first-order valence-electron chi connectivity index (χ1n) is 19.1. The van der Waals surface area contributed by atoms with Crippen molar-refractivity contribution in [2.45, 2.75) is 63.6 Å². The third-order valence-electron chi connectivity index (χ3n) is 11.4. The molecule has 52 heavy (non-hydrogen) atoms. The summed E-state index contributed by atoms with van der Waals surface area (Å²) >= 11 is 0. The molecule has 1 aliphatic carbocycles. The van der Waals surface area contributed by atoms with Crippen LogP contribution in [0.2, 0.25) is 0 Å². The van der Waals surface area contributed by atoms with Crippen LogP contribution >= 0.6 is 0 Å². The van der Waals surface area contributed by atoms with Gasteiger partial charge in [0, 0.05) is 99.2 Å². The Balaban J connectivity index is 1.19. The number of hydrogen-bond donors (Lipinski definition) is 0. The van der Waals surface area contributed by atoms with Crippen molar-refractivity contribution in [2.75, 3.05) is 68.4 Å². The van der Waals surface area contributed by atoms with Gasteiger partial charge in [-0.15, -0.1) is 0 Å². The molecule has 8 nitrogen and oxygen atoms in total. The third kappa shape index (κ3) is 6.98. The lowest BCUT2D eigenvalue weighted by atomic mass is 9.96. The van der Waals surface area contributed by atoms with Crippen LogP contribution in [0, 0.1) is 0 Å². The van der Waals surface area contributed by atoms with Crippen LogP contribution in [0.5, 0.6) is 0 Å². The molecule has 2 saturated heterocycles. The summed E-state index contributed by atoms with van der Waals surface area (Å²) in [5.74, 6) is 0.895. The molecule has 5 aromatic rings. The molecule has 0 bridgehead atoms. The number of imidazole rings is 1. The zero-order chi connectivity index (χ0) is 36.1. The average Bonchev–Trinajstić information content (AvgIpc) is 3.93. The quantitative estimate of drug-likeness (QED) is 0.154. The Morgan fingerprint density at radius 3 is 1.54 bits per heavy atom. The molecule has 272 valence electrons. The van der Waals surface area contributed by atoms with Crippen LogP contribution in [-0.2, 0) is 9.84 Å². The fourth-order valence-corrected chi connectivity index (χ4v) is 8.68. The second-order valence-electron chi connectivity index (χ2n) is 15.6. The van der Waals surface area contributed by atoms with Gasteiger partial charge in [-0.25, -0.2) is 13.4 Å². The molecular formula is C43H52N6O2S. The van der Waals surface area contributed by atoms with Gasteiger partial charge in [0.2, 0.25) is 0 Å². The molecule has 2 aliphatic heterocycles. The van der Waals surface area contributed by atoms with Gasteiger partial charge in [0.1, 0.15) is 5.82 Å². The molecule has 3 fully saturated rings. The predicted molar refractivity (Wildman–Crippen MR) is 215 cm³/mol. The maximum Gasteiger partial charge on any atom is 0.175 e. The lowest BCUT2D eigenvalue weighted by Crippen LogP contribution is -2.48. The van der Waals surface area contributed by atoms with Crippen LogP contribution in [-0.4, -0.2) is 98.5 Å². The summed E-state index contributed by atoms with van der Waals surface area (Å²) in [6.07, 6.45) is 3.47. The van der Waals surface area contributed by atoms with Gasteiger partial charge in [-0.05, 0) is 118 Å². The highest BCUT2D eigenvalue weighted by Gasteiger charge is 2.30. The minimum absolute atomic E-state index is 0.323.